The third kappa shape index (κ3) is 7.67. The highest BCUT2D eigenvalue weighted by molar-refractivity contribution is 6.90. The van der Waals surface area contributed by atoms with Crippen molar-refractivity contribution >= 4 is 61.3 Å². The molecule has 4 aromatic rings. The van der Waals surface area contributed by atoms with E-state index < -0.39 is 44.7 Å². The monoisotopic (exact) mass is 816 g/mol. The quantitative estimate of drug-likeness (QED) is 0.124. The van der Waals surface area contributed by atoms with Crippen LogP contribution in [0.2, 0.25) is 16.6 Å². The second-order valence-electron chi connectivity index (χ2n) is 19.8. The third-order valence-electron chi connectivity index (χ3n) is 14.2. The highest BCUT2D eigenvalue weighted by Gasteiger charge is 2.53. The van der Waals surface area contributed by atoms with Gasteiger partial charge in [0.15, 0.2) is 5.78 Å². The van der Waals surface area contributed by atoms with Gasteiger partial charge in [0.1, 0.15) is 8.07 Å². The molecule has 0 N–H and O–H groups in total. The fraction of sp³-hybridized carbons (Fsp3) is 0.404. The van der Waals surface area contributed by atoms with E-state index in [4.69, 9.17) is 18.6 Å². The van der Waals surface area contributed by atoms with Crippen molar-refractivity contribution in [3.63, 3.8) is 0 Å². The molecule has 2 aliphatic heterocycles. The summed E-state index contributed by atoms with van der Waals surface area (Å²) in [4.78, 5) is 15.4. The number of ketones is 1. The summed E-state index contributed by atoms with van der Waals surface area (Å²) in [6, 6.07) is 35.1. The van der Waals surface area contributed by atoms with E-state index in [2.05, 4.69) is 145 Å². The molecule has 3 aliphatic rings. The van der Waals surface area contributed by atoms with Crippen LogP contribution in [0.1, 0.15) is 125 Å². The fourth-order valence-corrected chi connectivity index (χ4v) is 14.5. The second-order valence-corrected chi connectivity index (χ2v) is 25.4. The molecule has 0 radical (unpaired) electrons. The maximum Gasteiger partial charge on any atom is 0.494 e. The molecule has 0 unspecified atom stereocenters. The van der Waals surface area contributed by atoms with Crippen LogP contribution < -0.4 is 10.9 Å². The van der Waals surface area contributed by atoms with Crippen LogP contribution in [0.5, 0.6) is 0 Å². The van der Waals surface area contributed by atoms with Crippen molar-refractivity contribution in [2.45, 2.75) is 136 Å². The maximum absolute atomic E-state index is 15.4. The van der Waals surface area contributed by atoms with Gasteiger partial charge in [0.25, 0.3) is 0 Å². The summed E-state index contributed by atoms with van der Waals surface area (Å²) in [5.41, 5.74) is 13.1. The van der Waals surface area contributed by atoms with E-state index in [1.165, 1.54) is 0 Å². The molecule has 7 rings (SSSR count). The molecule has 8 heteroatoms. The smallest absolute Gasteiger partial charge is 0.399 e. The molecule has 0 saturated carbocycles. The Hall–Kier alpha value is -4.22. The lowest BCUT2D eigenvalue weighted by molar-refractivity contribution is -0.108. The molecule has 0 bridgehead atoms. The van der Waals surface area contributed by atoms with Crippen LogP contribution in [0.25, 0.3) is 22.3 Å². The van der Waals surface area contributed by atoms with Gasteiger partial charge >= 0.3 is 14.2 Å². The van der Waals surface area contributed by atoms with Crippen molar-refractivity contribution in [1.29, 1.82) is 0 Å². The van der Waals surface area contributed by atoms with Crippen LogP contribution in [0.4, 0.5) is 0 Å². The Morgan fingerprint density at radius 3 is 1.23 bits per heavy atom. The van der Waals surface area contributed by atoms with Gasteiger partial charge in [0.05, 0.1) is 22.4 Å². The van der Waals surface area contributed by atoms with Crippen LogP contribution in [0.15, 0.2) is 103 Å². The van der Waals surface area contributed by atoms with Gasteiger partial charge in [-0.2, -0.15) is 0 Å². The van der Waals surface area contributed by atoms with Crippen LogP contribution in [0, 0.1) is 11.5 Å². The number of Topliss-reactive ketones (excluding diaryl/α,β-unsaturated/α-hetero) is 1. The Balaban J connectivity index is 1.40. The summed E-state index contributed by atoms with van der Waals surface area (Å²) >= 11 is 0. The molecule has 0 atom stereocenters. The van der Waals surface area contributed by atoms with Crippen LogP contribution in [0.3, 0.4) is 0 Å². The van der Waals surface area contributed by atoms with Crippen molar-refractivity contribution in [1.82, 2.24) is 0 Å². The Labute approximate surface area is 361 Å². The number of carbonyl (C=O) groups excluding carboxylic acids is 1. The molecule has 310 valence electrons. The van der Waals surface area contributed by atoms with E-state index in [0.29, 0.717) is 27.8 Å². The van der Waals surface area contributed by atoms with E-state index in [-0.39, 0.29) is 5.78 Å². The first-order valence-electron chi connectivity index (χ1n) is 21.7. The zero-order valence-corrected chi connectivity index (χ0v) is 39.2. The molecular formula is C52H62B2O5Si. The molecule has 0 spiro atoms. The van der Waals surface area contributed by atoms with E-state index >= 15 is 4.79 Å². The number of hydrogen-bond acceptors (Lipinski definition) is 5. The van der Waals surface area contributed by atoms with Gasteiger partial charge in [-0.1, -0.05) is 138 Å². The predicted octanol–water partition coefficient (Wildman–Crippen LogP) is 11.0. The van der Waals surface area contributed by atoms with Crippen molar-refractivity contribution in [2.75, 3.05) is 0 Å². The molecule has 5 nitrogen and oxygen atoms in total. The molecule has 0 amide bonds. The van der Waals surface area contributed by atoms with Crippen LogP contribution in [-0.4, -0.2) is 50.5 Å². The van der Waals surface area contributed by atoms with Crippen molar-refractivity contribution in [3.05, 3.63) is 131 Å². The molecule has 1 aliphatic carbocycles. The lowest BCUT2D eigenvalue weighted by atomic mass is 9.78. The molecule has 0 aromatic heterocycles. The number of carbonyl (C=O) groups is 1. The normalized spacial score (nSPS) is 19.6. The van der Waals surface area contributed by atoms with Gasteiger partial charge in [-0.25, -0.2) is 0 Å². The van der Waals surface area contributed by atoms with Crippen molar-refractivity contribution < 1.29 is 23.4 Å². The summed E-state index contributed by atoms with van der Waals surface area (Å²) in [6.07, 6.45) is 0. The van der Waals surface area contributed by atoms with E-state index in [0.717, 1.165) is 49.9 Å². The Morgan fingerprint density at radius 2 is 0.833 bits per heavy atom. The third-order valence-corrected chi connectivity index (χ3v) is 20.4. The first-order valence-corrected chi connectivity index (χ1v) is 24.0. The average molecular weight is 817 g/mol. The second kappa shape index (κ2) is 15.9. The molecule has 2 fully saturated rings. The molecule has 2 saturated heterocycles. The standard InChI is InChI=1S/C52H62B2O5Si/c1-34(2)60(35(3)4,36(5)6)32-31-37-19-18-22-41(33-37)45-44(38-20-16-15-17-21-38)46(39-23-27-42(28-24-39)53-56-49(7,8)50(9,10)57-53)48(55)47(45)40-25-29-43(30-26-40)54-58-51(11,12)52(13,14)59-54/h15-30,33-36H,1-14H3. The molecule has 60 heavy (non-hydrogen) atoms. The minimum atomic E-state index is -2.00. The van der Waals surface area contributed by atoms with Gasteiger partial charge < -0.3 is 18.6 Å². The Morgan fingerprint density at radius 1 is 0.467 bits per heavy atom. The van der Waals surface area contributed by atoms with Crippen molar-refractivity contribution in [2.24, 2.45) is 0 Å². The number of hydrogen-bond donors (Lipinski definition) is 0. The predicted molar refractivity (Wildman–Crippen MR) is 254 cm³/mol. The highest BCUT2D eigenvalue weighted by Crippen LogP contribution is 2.50. The summed E-state index contributed by atoms with van der Waals surface area (Å²) in [5, 5.41) is 0. The van der Waals surface area contributed by atoms with Gasteiger partial charge in [-0.05, 0) is 117 Å². The van der Waals surface area contributed by atoms with Gasteiger partial charge in [-0.3, -0.25) is 4.79 Å². The lowest BCUT2D eigenvalue weighted by Crippen LogP contribution is -2.43. The number of rotatable bonds is 9. The number of allylic oxidation sites excluding steroid dienone is 4. The fourth-order valence-electron chi connectivity index (χ4n) is 9.27. The molecule has 4 aromatic carbocycles. The molecular weight excluding hydrogens is 754 g/mol. The molecule has 2 heterocycles. The summed E-state index contributed by atoms with van der Waals surface area (Å²) in [6.45, 7) is 30.5. The maximum atomic E-state index is 15.4. The van der Waals surface area contributed by atoms with Gasteiger partial charge in [0.2, 0.25) is 0 Å². The number of benzene rings is 4. The highest BCUT2D eigenvalue weighted by atomic mass is 28.3. The summed E-state index contributed by atoms with van der Waals surface area (Å²) < 4.78 is 25.6. The van der Waals surface area contributed by atoms with Gasteiger partial charge in [0, 0.05) is 27.9 Å². The van der Waals surface area contributed by atoms with E-state index in [9.17, 15) is 0 Å². The Kier molecular flexibility index (Phi) is 11.6. The lowest BCUT2D eigenvalue weighted by Gasteiger charge is -2.38. The van der Waals surface area contributed by atoms with Gasteiger partial charge in [-0.15, -0.1) is 5.54 Å². The minimum absolute atomic E-state index is 0.0297. The zero-order chi connectivity index (χ0) is 43.6. The SMILES string of the molecule is CC(C)[Si](C#Cc1cccc(C2=C(c3ccc(B4OC(C)(C)C(C)(C)O4)cc3)C(=O)C(c3ccc(B4OC(C)(C)C(C)(C)O4)cc3)=C2c2ccccc2)c1)(C(C)C)C(C)C. The minimum Gasteiger partial charge on any atom is -0.399 e. The van der Waals surface area contributed by atoms with Crippen LogP contribution in [-0.2, 0) is 23.4 Å². The average Bonchev–Trinajstić information content (AvgIpc) is 3.71. The largest absolute Gasteiger partial charge is 0.494 e. The van der Waals surface area contributed by atoms with E-state index in [1.54, 1.807) is 0 Å². The zero-order valence-electron chi connectivity index (χ0n) is 38.2. The first-order chi connectivity index (χ1) is 28.1. The first kappa shape index (κ1) is 43.9. The summed E-state index contributed by atoms with van der Waals surface area (Å²) in [7, 11) is -3.02. The van der Waals surface area contributed by atoms with Crippen molar-refractivity contribution in [3.8, 4) is 11.5 Å². The topological polar surface area (TPSA) is 54.0 Å². The van der Waals surface area contributed by atoms with Crippen LogP contribution >= 0.6 is 0 Å². The Bertz CT molecular complexity index is 2340. The summed E-state index contributed by atoms with van der Waals surface area (Å²) in [5.74, 6) is 3.66. The van der Waals surface area contributed by atoms with E-state index in [1.807, 2.05) is 66.7 Å².